The fraction of sp³-hybridized carbons (Fsp3) is 0.524. The number of sulfonamides is 1. The molecule has 0 unspecified atom stereocenters. The predicted molar refractivity (Wildman–Crippen MR) is 114 cm³/mol. The number of aromatic nitrogens is 1. The lowest BCUT2D eigenvalue weighted by molar-refractivity contribution is -0.00688. The Morgan fingerprint density at radius 3 is 2.40 bits per heavy atom. The molecule has 0 aliphatic heterocycles. The Bertz CT molecular complexity index is 1070. The van der Waals surface area contributed by atoms with E-state index in [4.69, 9.17) is 14.9 Å². The summed E-state index contributed by atoms with van der Waals surface area (Å²) in [5.74, 6) is 2.27. The number of primary sulfonamides is 1. The molecule has 3 N–H and O–H groups in total. The lowest BCUT2D eigenvalue weighted by atomic mass is 9.49. The van der Waals surface area contributed by atoms with Gasteiger partial charge in [-0.05, 0) is 74.5 Å². The monoisotopic (exact) mass is 447 g/mol. The Balaban J connectivity index is 1.39. The number of nitrogens with two attached hydrogens (primary N) is 1. The van der Waals surface area contributed by atoms with Crippen LogP contribution < -0.4 is 15.2 Å². The third-order valence-corrected chi connectivity index (χ3v) is 8.72. The second kappa shape index (κ2) is 7.03. The SMILES string of the molecule is COc1ccc(S(N)(=O)=O)cc1C(=O)Nc1nc(C23CC4CC(CC(C4)C2)C3)cs1. The van der Waals surface area contributed by atoms with Crippen LogP contribution in [0, 0.1) is 17.8 Å². The van der Waals surface area contributed by atoms with Crippen LogP contribution in [0.1, 0.15) is 54.6 Å². The summed E-state index contributed by atoms with van der Waals surface area (Å²) in [5, 5.41) is 10.6. The summed E-state index contributed by atoms with van der Waals surface area (Å²) in [5.41, 5.74) is 1.38. The third-order valence-electron chi connectivity index (χ3n) is 7.05. The third kappa shape index (κ3) is 3.42. The highest BCUT2D eigenvalue weighted by atomic mass is 32.2. The number of methoxy groups -OCH3 is 1. The molecule has 0 saturated heterocycles. The van der Waals surface area contributed by atoms with Gasteiger partial charge in [-0.25, -0.2) is 18.5 Å². The lowest BCUT2D eigenvalue weighted by Gasteiger charge is -2.56. The van der Waals surface area contributed by atoms with Crippen LogP contribution >= 0.6 is 11.3 Å². The number of anilines is 1. The molecule has 6 rings (SSSR count). The number of benzene rings is 1. The van der Waals surface area contributed by atoms with Gasteiger partial charge in [-0.2, -0.15) is 0 Å². The zero-order chi connectivity index (χ0) is 21.1. The van der Waals surface area contributed by atoms with Gasteiger partial charge in [0.2, 0.25) is 10.0 Å². The summed E-state index contributed by atoms with van der Waals surface area (Å²) in [6.07, 6.45) is 7.73. The van der Waals surface area contributed by atoms with E-state index in [-0.39, 0.29) is 21.6 Å². The number of carbonyl (C=O) groups is 1. The Hall–Kier alpha value is -1.97. The second-order valence-corrected chi connectivity index (χ2v) is 11.5. The second-order valence-electron chi connectivity index (χ2n) is 9.10. The predicted octanol–water partition coefficient (Wildman–Crippen LogP) is 3.52. The van der Waals surface area contributed by atoms with Crippen LogP contribution in [0.5, 0.6) is 5.75 Å². The van der Waals surface area contributed by atoms with E-state index in [1.54, 1.807) is 0 Å². The van der Waals surface area contributed by atoms with Gasteiger partial charge in [-0.1, -0.05) is 0 Å². The molecular formula is C21H25N3O4S2. The van der Waals surface area contributed by atoms with Gasteiger partial charge >= 0.3 is 0 Å². The van der Waals surface area contributed by atoms with Crippen molar-refractivity contribution in [3.05, 3.63) is 34.8 Å². The summed E-state index contributed by atoms with van der Waals surface area (Å²) >= 11 is 1.42. The van der Waals surface area contributed by atoms with Gasteiger partial charge in [0, 0.05) is 10.8 Å². The maximum atomic E-state index is 12.9. The van der Waals surface area contributed by atoms with Crippen molar-refractivity contribution in [1.82, 2.24) is 4.98 Å². The van der Waals surface area contributed by atoms with Gasteiger partial charge < -0.3 is 4.74 Å². The number of nitrogens with one attached hydrogen (secondary N) is 1. The molecular weight excluding hydrogens is 422 g/mol. The Morgan fingerprint density at radius 1 is 1.20 bits per heavy atom. The lowest BCUT2D eigenvalue weighted by Crippen LogP contribution is -2.48. The minimum Gasteiger partial charge on any atom is -0.496 e. The molecule has 4 fully saturated rings. The first-order valence-electron chi connectivity index (χ1n) is 10.2. The quantitative estimate of drug-likeness (QED) is 0.728. The standard InChI is InChI=1S/C21H25N3O4S2/c1-28-17-3-2-15(30(22,26)27)7-16(17)19(25)24-20-23-18(11-29-20)21-8-12-4-13(9-21)6-14(5-12)10-21/h2-3,7,11-14H,4-6,8-10H2,1H3,(H2,22,26,27)(H,23,24,25). The zero-order valence-electron chi connectivity index (χ0n) is 16.8. The molecule has 2 aromatic rings. The van der Waals surface area contributed by atoms with Gasteiger partial charge in [0.25, 0.3) is 5.91 Å². The van der Waals surface area contributed by atoms with Crippen molar-refractivity contribution in [2.45, 2.75) is 48.8 Å². The first-order chi connectivity index (χ1) is 14.3. The Morgan fingerprint density at radius 2 is 1.83 bits per heavy atom. The van der Waals surface area contributed by atoms with Crippen molar-refractivity contribution in [1.29, 1.82) is 0 Å². The molecule has 160 valence electrons. The number of thiazole rings is 1. The van der Waals surface area contributed by atoms with Crippen LogP contribution in [-0.2, 0) is 15.4 Å². The van der Waals surface area contributed by atoms with Crippen LogP contribution in [0.25, 0.3) is 0 Å². The van der Waals surface area contributed by atoms with Gasteiger partial charge in [0.1, 0.15) is 5.75 Å². The van der Waals surface area contributed by atoms with Crippen molar-refractivity contribution in [3.8, 4) is 5.75 Å². The largest absolute Gasteiger partial charge is 0.496 e. The number of carbonyl (C=O) groups excluding carboxylic acids is 1. The molecule has 4 aliphatic carbocycles. The van der Waals surface area contributed by atoms with Crippen LogP contribution in [0.4, 0.5) is 5.13 Å². The number of hydrogen-bond donors (Lipinski definition) is 2. The summed E-state index contributed by atoms with van der Waals surface area (Å²) in [6, 6.07) is 3.98. The highest BCUT2D eigenvalue weighted by Crippen LogP contribution is 2.60. The summed E-state index contributed by atoms with van der Waals surface area (Å²) < 4.78 is 28.6. The van der Waals surface area contributed by atoms with E-state index in [2.05, 4.69) is 10.7 Å². The number of amides is 1. The van der Waals surface area contributed by atoms with Gasteiger partial charge in [0.15, 0.2) is 5.13 Å². The molecule has 0 atom stereocenters. The average Bonchev–Trinajstić information content (AvgIpc) is 3.15. The van der Waals surface area contributed by atoms with E-state index in [0.29, 0.717) is 5.13 Å². The molecule has 4 aliphatic rings. The van der Waals surface area contributed by atoms with Crippen LogP contribution in [0.3, 0.4) is 0 Å². The van der Waals surface area contributed by atoms with Crippen LogP contribution in [-0.4, -0.2) is 26.4 Å². The minimum atomic E-state index is -3.93. The number of hydrogen-bond acceptors (Lipinski definition) is 6. The zero-order valence-corrected chi connectivity index (χ0v) is 18.4. The summed E-state index contributed by atoms with van der Waals surface area (Å²) in [6.45, 7) is 0. The minimum absolute atomic E-state index is 0.107. The van der Waals surface area contributed by atoms with E-state index in [0.717, 1.165) is 23.4 Å². The average molecular weight is 448 g/mol. The maximum absolute atomic E-state index is 12.9. The topological polar surface area (TPSA) is 111 Å². The van der Waals surface area contributed by atoms with Crippen molar-refractivity contribution >= 4 is 32.4 Å². The fourth-order valence-corrected chi connectivity index (χ4v) is 7.57. The van der Waals surface area contributed by atoms with Gasteiger partial charge in [-0.3, -0.25) is 10.1 Å². The van der Waals surface area contributed by atoms with E-state index < -0.39 is 15.9 Å². The van der Waals surface area contributed by atoms with Crippen molar-refractivity contribution in [2.24, 2.45) is 22.9 Å². The van der Waals surface area contributed by atoms with Crippen LogP contribution in [0.15, 0.2) is 28.5 Å². The normalized spacial score (nSPS) is 29.7. The summed E-state index contributed by atoms with van der Waals surface area (Å²) in [7, 11) is -2.50. The molecule has 30 heavy (non-hydrogen) atoms. The molecule has 9 heteroatoms. The molecule has 0 radical (unpaired) electrons. The van der Waals surface area contributed by atoms with E-state index >= 15 is 0 Å². The van der Waals surface area contributed by atoms with E-state index in [9.17, 15) is 13.2 Å². The van der Waals surface area contributed by atoms with Crippen LogP contribution in [0.2, 0.25) is 0 Å². The maximum Gasteiger partial charge on any atom is 0.261 e. The molecule has 1 aromatic carbocycles. The Kier molecular flexibility index (Phi) is 4.68. The fourth-order valence-electron chi connectivity index (χ4n) is 6.21. The Labute approximate surface area is 180 Å². The molecule has 4 saturated carbocycles. The highest BCUT2D eigenvalue weighted by Gasteiger charge is 2.52. The van der Waals surface area contributed by atoms with Gasteiger partial charge in [0.05, 0.1) is 23.3 Å². The van der Waals surface area contributed by atoms with Gasteiger partial charge in [-0.15, -0.1) is 11.3 Å². The molecule has 0 spiro atoms. The van der Waals surface area contributed by atoms with Crippen molar-refractivity contribution in [3.63, 3.8) is 0 Å². The number of ether oxygens (including phenoxy) is 1. The first-order valence-corrected chi connectivity index (χ1v) is 12.7. The summed E-state index contributed by atoms with van der Waals surface area (Å²) in [4.78, 5) is 17.5. The smallest absolute Gasteiger partial charge is 0.261 e. The molecule has 1 heterocycles. The van der Waals surface area contributed by atoms with E-state index in [1.807, 2.05) is 0 Å². The van der Waals surface area contributed by atoms with Crippen molar-refractivity contribution < 1.29 is 17.9 Å². The highest BCUT2D eigenvalue weighted by molar-refractivity contribution is 7.89. The number of rotatable bonds is 5. The van der Waals surface area contributed by atoms with Crippen molar-refractivity contribution in [2.75, 3.05) is 12.4 Å². The molecule has 4 bridgehead atoms. The number of nitrogens with zero attached hydrogens (tertiary/aromatic N) is 1. The molecule has 7 nitrogen and oxygen atoms in total. The first kappa shape index (κ1) is 20.0. The van der Waals surface area contributed by atoms with E-state index in [1.165, 1.54) is 75.2 Å². The molecule has 1 aromatic heterocycles. The molecule has 1 amide bonds.